The molecule has 10 nitrogen and oxygen atoms in total. The highest BCUT2D eigenvalue weighted by atomic mass is 32.2. The van der Waals surface area contributed by atoms with Gasteiger partial charge in [0.2, 0.25) is 5.91 Å². The number of anilines is 1. The van der Waals surface area contributed by atoms with E-state index < -0.39 is 34.1 Å². The van der Waals surface area contributed by atoms with E-state index in [1.807, 2.05) is 53.2 Å². The molecule has 0 bridgehead atoms. The molecular weight excluding hydrogens is 573 g/mol. The molecule has 13 heteroatoms. The second-order valence-corrected chi connectivity index (χ2v) is 11.9. The molecule has 2 atom stereocenters. The van der Waals surface area contributed by atoms with Crippen LogP contribution in [0.25, 0.3) is 9.88 Å². The number of carbonyl (C=O) groups is 3. The Hall–Kier alpha value is -4.07. The summed E-state index contributed by atoms with van der Waals surface area (Å²) < 4.78 is 30.0. The summed E-state index contributed by atoms with van der Waals surface area (Å²) in [6.45, 7) is 0. The molecule has 40 heavy (non-hydrogen) atoms. The SMILES string of the molecule is COC(=O)NC(Cc1ccccc1)C(=O)NC(Cc1ccc(NS(=O)(=O)C=O)cc1)c1csc(-c2cccs2)n1. The van der Waals surface area contributed by atoms with E-state index in [4.69, 9.17) is 9.72 Å². The molecule has 2 amide bonds. The maximum absolute atomic E-state index is 13.5. The smallest absolute Gasteiger partial charge is 0.407 e. The first-order chi connectivity index (χ1) is 19.3. The molecular formula is C27H26N4O6S3. The summed E-state index contributed by atoms with van der Waals surface area (Å²) in [6, 6.07) is 18.2. The third kappa shape index (κ3) is 7.97. The van der Waals surface area contributed by atoms with E-state index in [0.29, 0.717) is 12.1 Å². The third-order valence-corrected chi connectivity index (χ3v) is 8.46. The summed E-state index contributed by atoms with van der Waals surface area (Å²) in [6.07, 6.45) is -0.150. The highest BCUT2D eigenvalue weighted by molar-refractivity contribution is 8.05. The molecule has 2 aromatic carbocycles. The molecule has 0 fully saturated rings. The number of thiophene rings is 1. The lowest BCUT2D eigenvalue weighted by atomic mass is 10.0. The van der Waals surface area contributed by atoms with Gasteiger partial charge in [-0.3, -0.25) is 14.3 Å². The normalized spacial score (nSPS) is 12.6. The Balaban J connectivity index is 1.59. The first-order valence-corrected chi connectivity index (χ1v) is 15.3. The molecule has 2 heterocycles. The molecule has 0 aliphatic rings. The average Bonchev–Trinajstić information content (AvgIpc) is 3.66. The second kappa shape index (κ2) is 13.3. The van der Waals surface area contributed by atoms with Gasteiger partial charge in [0.25, 0.3) is 15.6 Å². The van der Waals surface area contributed by atoms with Gasteiger partial charge in [-0.15, -0.1) is 22.7 Å². The van der Waals surface area contributed by atoms with E-state index in [9.17, 15) is 22.8 Å². The number of carbonyl (C=O) groups excluding carboxylic acids is 3. The lowest BCUT2D eigenvalue weighted by Crippen LogP contribution is -2.49. The standard InChI is InChI=1S/C27H26N4O6S3/c1-37-27(34)30-22(15-18-6-3-2-4-7-18)25(33)28-21(23-16-39-26(29-23)24-8-5-13-38-24)14-19-9-11-20(12-10-19)31-40(35,36)17-32/h2-13,16-17,21-22,31H,14-15H2,1H3,(H,28,33)(H,30,34). The second-order valence-electron chi connectivity index (χ2n) is 8.64. The lowest BCUT2D eigenvalue weighted by molar-refractivity contribution is -0.123. The van der Waals surface area contributed by atoms with Crippen molar-refractivity contribution in [3.63, 3.8) is 0 Å². The van der Waals surface area contributed by atoms with Gasteiger partial charge in [-0.25, -0.2) is 9.78 Å². The number of hydrogen-bond donors (Lipinski definition) is 3. The van der Waals surface area contributed by atoms with Crippen LogP contribution < -0.4 is 15.4 Å². The summed E-state index contributed by atoms with van der Waals surface area (Å²) in [5.74, 6) is -0.416. The van der Waals surface area contributed by atoms with Crippen LogP contribution in [0.4, 0.5) is 10.5 Å². The molecule has 3 N–H and O–H groups in total. The number of alkyl carbamates (subject to hydrolysis) is 1. The highest BCUT2D eigenvalue weighted by Crippen LogP contribution is 2.31. The van der Waals surface area contributed by atoms with Gasteiger partial charge >= 0.3 is 6.09 Å². The number of hydrogen-bond acceptors (Lipinski definition) is 9. The van der Waals surface area contributed by atoms with E-state index in [0.717, 1.165) is 21.0 Å². The fraction of sp³-hybridized carbons (Fsp3) is 0.185. The Labute approximate surface area is 239 Å². The number of amides is 2. The fourth-order valence-corrected chi connectivity index (χ4v) is 6.06. The van der Waals surface area contributed by atoms with Crippen LogP contribution in [0.5, 0.6) is 0 Å². The Bertz CT molecular complexity index is 1540. The zero-order chi connectivity index (χ0) is 28.5. The van der Waals surface area contributed by atoms with Gasteiger partial charge in [0, 0.05) is 17.5 Å². The van der Waals surface area contributed by atoms with Gasteiger partial charge in [0.05, 0.1) is 23.7 Å². The van der Waals surface area contributed by atoms with Gasteiger partial charge in [0.15, 0.2) is 0 Å². The largest absolute Gasteiger partial charge is 0.453 e. The molecule has 0 aliphatic heterocycles. The van der Waals surface area contributed by atoms with Crippen LogP contribution in [0.15, 0.2) is 77.5 Å². The Morgan fingerprint density at radius 2 is 1.68 bits per heavy atom. The van der Waals surface area contributed by atoms with Crippen molar-refractivity contribution in [1.29, 1.82) is 0 Å². The van der Waals surface area contributed by atoms with Crippen LogP contribution >= 0.6 is 22.7 Å². The topological polar surface area (TPSA) is 144 Å². The quantitative estimate of drug-likeness (QED) is 0.208. The van der Waals surface area contributed by atoms with Crippen molar-refractivity contribution < 1.29 is 27.5 Å². The van der Waals surface area contributed by atoms with Crippen LogP contribution in [0.1, 0.15) is 22.9 Å². The van der Waals surface area contributed by atoms with Crippen LogP contribution in [0, 0.1) is 0 Å². The van der Waals surface area contributed by atoms with Crippen molar-refractivity contribution in [1.82, 2.24) is 15.6 Å². The van der Waals surface area contributed by atoms with Crippen molar-refractivity contribution in [3.05, 3.63) is 94.3 Å². The van der Waals surface area contributed by atoms with Gasteiger partial charge in [-0.2, -0.15) is 8.42 Å². The molecule has 0 spiro atoms. The molecule has 208 valence electrons. The summed E-state index contributed by atoms with van der Waals surface area (Å²) in [7, 11) is -2.84. The summed E-state index contributed by atoms with van der Waals surface area (Å²) >= 11 is 3.02. The van der Waals surface area contributed by atoms with Crippen LogP contribution in [0.3, 0.4) is 0 Å². The van der Waals surface area contributed by atoms with Crippen molar-refractivity contribution in [2.45, 2.75) is 24.9 Å². The Kier molecular flexibility index (Phi) is 9.64. The predicted molar refractivity (Wildman–Crippen MR) is 155 cm³/mol. The summed E-state index contributed by atoms with van der Waals surface area (Å²) in [5.41, 5.74) is 2.36. The van der Waals surface area contributed by atoms with E-state index in [1.54, 1.807) is 23.5 Å². The number of thiazole rings is 1. The van der Waals surface area contributed by atoms with Crippen molar-refractivity contribution in [2.75, 3.05) is 11.8 Å². The van der Waals surface area contributed by atoms with E-state index >= 15 is 0 Å². The first-order valence-electron chi connectivity index (χ1n) is 12.0. The highest BCUT2D eigenvalue weighted by Gasteiger charge is 2.26. The fourth-order valence-electron chi connectivity index (χ4n) is 3.85. The third-order valence-electron chi connectivity index (χ3n) is 5.78. The number of methoxy groups -OCH3 is 1. The van der Waals surface area contributed by atoms with Crippen molar-refractivity contribution in [3.8, 4) is 9.88 Å². The summed E-state index contributed by atoms with van der Waals surface area (Å²) in [5, 5.41) is 10.3. The number of benzene rings is 2. The number of nitrogens with zero attached hydrogens (tertiary/aromatic N) is 1. The Morgan fingerprint density at radius 1 is 0.950 bits per heavy atom. The monoisotopic (exact) mass is 598 g/mol. The van der Waals surface area contributed by atoms with Crippen LogP contribution in [-0.4, -0.2) is 44.2 Å². The number of rotatable bonds is 12. The molecule has 0 saturated carbocycles. The molecule has 4 aromatic rings. The lowest BCUT2D eigenvalue weighted by Gasteiger charge is -2.23. The van der Waals surface area contributed by atoms with E-state index in [-0.39, 0.29) is 17.7 Å². The van der Waals surface area contributed by atoms with Crippen molar-refractivity contribution in [2.24, 2.45) is 0 Å². The zero-order valence-electron chi connectivity index (χ0n) is 21.3. The molecule has 2 aromatic heterocycles. The van der Waals surface area contributed by atoms with Crippen molar-refractivity contribution >= 4 is 56.0 Å². The minimum Gasteiger partial charge on any atom is -0.453 e. The van der Waals surface area contributed by atoms with Gasteiger partial charge in [-0.05, 0) is 41.1 Å². The number of sulfonamides is 1. The maximum atomic E-state index is 13.5. The maximum Gasteiger partial charge on any atom is 0.407 e. The van der Waals surface area contributed by atoms with Crippen LogP contribution in [-0.2, 0) is 37.2 Å². The molecule has 4 rings (SSSR count). The molecule has 0 saturated heterocycles. The van der Waals surface area contributed by atoms with Gasteiger partial charge in [-0.1, -0.05) is 48.5 Å². The minimum absolute atomic E-state index is 0.159. The predicted octanol–water partition coefficient (Wildman–Crippen LogP) is 4.17. The average molecular weight is 599 g/mol. The number of nitrogens with one attached hydrogen (secondary N) is 3. The van der Waals surface area contributed by atoms with E-state index in [1.165, 1.54) is 30.6 Å². The zero-order valence-corrected chi connectivity index (χ0v) is 23.7. The first kappa shape index (κ1) is 28.9. The summed E-state index contributed by atoms with van der Waals surface area (Å²) in [4.78, 5) is 42.1. The molecule has 2 unspecified atom stereocenters. The van der Waals surface area contributed by atoms with Gasteiger partial charge < -0.3 is 15.4 Å². The van der Waals surface area contributed by atoms with Gasteiger partial charge in [0.1, 0.15) is 11.0 Å². The number of ether oxygens (including phenoxy) is 1. The molecule has 0 radical (unpaired) electrons. The van der Waals surface area contributed by atoms with E-state index in [2.05, 4.69) is 15.4 Å². The minimum atomic E-state index is -4.07. The Morgan fingerprint density at radius 3 is 2.33 bits per heavy atom. The number of aromatic nitrogens is 1. The van der Waals surface area contributed by atoms with Crippen LogP contribution in [0.2, 0.25) is 0 Å². The molecule has 0 aliphatic carbocycles.